The van der Waals surface area contributed by atoms with Crippen molar-refractivity contribution in [2.24, 2.45) is 4.99 Å². The second-order valence-corrected chi connectivity index (χ2v) is 11.5. The van der Waals surface area contributed by atoms with E-state index < -0.39 is 14.6 Å². The molecule has 0 radical (unpaired) electrons. The molecule has 2 aliphatic heterocycles. The van der Waals surface area contributed by atoms with E-state index in [2.05, 4.69) is 53.2 Å². The van der Waals surface area contributed by atoms with Crippen LogP contribution in [-0.4, -0.2) is 73.4 Å². The van der Waals surface area contributed by atoms with E-state index in [-0.39, 0.29) is 5.75 Å². The minimum atomic E-state index is -3.06. The first-order chi connectivity index (χ1) is 13.8. The van der Waals surface area contributed by atoms with Crippen molar-refractivity contribution in [3.05, 3.63) is 35.4 Å². The lowest BCUT2D eigenvalue weighted by Gasteiger charge is -2.39. The Labute approximate surface area is 176 Å². The molecule has 0 bridgehead atoms. The zero-order chi connectivity index (χ0) is 21.1. The third-order valence-corrected chi connectivity index (χ3v) is 8.81. The highest BCUT2D eigenvalue weighted by atomic mass is 32.2. The Morgan fingerprint density at radius 2 is 1.93 bits per heavy atom. The fourth-order valence-corrected chi connectivity index (χ4v) is 5.64. The van der Waals surface area contributed by atoms with Gasteiger partial charge in [0.25, 0.3) is 0 Å². The van der Waals surface area contributed by atoms with Crippen molar-refractivity contribution in [2.45, 2.75) is 57.9 Å². The lowest BCUT2D eigenvalue weighted by atomic mass is 9.98. The fourth-order valence-electron chi connectivity index (χ4n) is 4.27. The van der Waals surface area contributed by atoms with Crippen molar-refractivity contribution in [1.82, 2.24) is 15.1 Å². The van der Waals surface area contributed by atoms with Crippen LogP contribution in [0.2, 0.25) is 0 Å². The van der Waals surface area contributed by atoms with Gasteiger partial charge in [0.05, 0.1) is 17.0 Å². The number of benzene rings is 1. The molecule has 1 aromatic carbocycles. The molecule has 2 heterocycles. The van der Waals surface area contributed by atoms with E-state index in [0.717, 1.165) is 45.0 Å². The van der Waals surface area contributed by atoms with Crippen LogP contribution in [0, 0.1) is 0 Å². The van der Waals surface area contributed by atoms with Crippen LogP contribution in [0.5, 0.6) is 0 Å². The highest BCUT2D eigenvalue weighted by Crippen LogP contribution is 2.24. The molecule has 2 aliphatic rings. The van der Waals surface area contributed by atoms with Crippen LogP contribution in [0.1, 0.15) is 45.2 Å². The number of hydrogen-bond donors (Lipinski definition) is 1. The highest BCUT2D eigenvalue weighted by Gasteiger charge is 2.41. The van der Waals surface area contributed by atoms with Crippen LogP contribution < -0.4 is 5.32 Å². The van der Waals surface area contributed by atoms with Crippen LogP contribution in [0.15, 0.2) is 29.3 Å². The molecular formula is C22H36N4O2S. The van der Waals surface area contributed by atoms with Crippen molar-refractivity contribution < 1.29 is 8.42 Å². The van der Waals surface area contributed by atoms with Gasteiger partial charge in [0.15, 0.2) is 15.8 Å². The number of aliphatic imine (C=N–C) groups is 1. The van der Waals surface area contributed by atoms with E-state index in [9.17, 15) is 8.42 Å². The molecule has 1 fully saturated rings. The maximum absolute atomic E-state index is 12.4. The maximum atomic E-state index is 12.4. The second-order valence-electron chi connectivity index (χ2n) is 8.75. The van der Waals surface area contributed by atoms with Gasteiger partial charge in [-0.25, -0.2) is 8.42 Å². The summed E-state index contributed by atoms with van der Waals surface area (Å²) in [5, 5.41) is 3.38. The van der Waals surface area contributed by atoms with Gasteiger partial charge < -0.3 is 10.2 Å². The van der Waals surface area contributed by atoms with Gasteiger partial charge in [-0.15, -0.1) is 0 Å². The van der Waals surface area contributed by atoms with Gasteiger partial charge in [-0.1, -0.05) is 31.2 Å². The van der Waals surface area contributed by atoms with Crippen molar-refractivity contribution in [3.8, 4) is 0 Å². The third-order valence-electron chi connectivity index (χ3n) is 6.28. The molecule has 1 unspecified atom stereocenters. The number of nitrogens with one attached hydrogen (secondary N) is 1. The van der Waals surface area contributed by atoms with Crippen LogP contribution in [0.4, 0.5) is 0 Å². The van der Waals surface area contributed by atoms with E-state index in [1.165, 1.54) is 11.1 Å². The SMILES string of the molecule is CCNC(=NCC(CC)N1CCc2ccccc2C1)N1CCS(=O)(=O)C(C)(C)C1. The summed E-state index contributed by atoms with van der Waals surface area (Å²) >= 11 is 0. The molecule has 3 rings (SSSR count). The Hall–Kier alpha value is -1.60. The van der Waals surface area contributed by atoms with Gasteiger partial charge in [-0.3, -0.25) is 9.89 Å². The first kappa shape index (κ1) is 22.1. The molecule has 1 saturated heterocycles. The maximum Gasteiger partial charge on any atom is 0.194 e. The smallest absolute Gasteiger partial charge is 0.194 e. The molecule has 0 aliphatic carbocycles. The molecule has 0 spiro atoms. The summed E-state index contributed by atoms with van der Waals surface area (Å²) in [6, 6.07) is 9.10. The summed E-state index contributed by atoms with van der Waals surface area (Å²) in [6.45, 7) is 12.5. The van der Waals surface area contributed by atoms with Gasteiger partial charge in [-0.2, -0.15) is 0 Å². The van der Waals surface area contributed by atoms with Gasteiger partial charge in [0, 0.05) is 38.8 Å². The van der Waals surface area contributed by atoms with E-state index in [4.69, 9.17) is 4.99 Å². The van der Waals surface area contributed by atoms with Crippen LogP contribution >= 0.6 is 0 Å². The lowest BCUT2D eigenvalue weighted by molar-refractivity contribution is 0.178. The van der Waals surface area contributed by atoms with Crippen molar-refractivity contribution in [2.75, 3.05) is 38.5 Å². The Balaban J connectivity index is 1.70. The Kier molecular flexibility index (Phi) is 6.89. The van der Waals surface area contributed by atoms with E-state index in [1.807, 2.05) is 13.8 Å². The molecule has 7 heteroatoms. The molecule has 1 N–H and O–H groups in total. The Bertz CT molecular complexity index is 835. The average Bonchev–Trinajstić information content (AvgIpc) is 2.69. The number of fused-ring (bicyclic) bond motifs is 1. The van der Waals surface area contributed by atoms with Crippen LogP contribution in [0.3, 0.4) is 0 Å². The van der Waals surface area contributed by atoms with E-state index >= 15 is 0 Å². The first-order valence-corrected chi connectivity index (χ1v) is 12.5. The fraction of sp³-hybridized carbons (Fsp3) is 0.682. The summed E-state index contributed by atoms with van der Waals surface area (Å²) in [5.41, 5.74) is 2.89. The lowest BCUT2D eigenvalue weighted by Crippen LogP contribution is -2.57. The standard InChI is InChI=1S/C22H36N4O2S/c1-5-20(25-12-11-18-9-7-8-10-19(18)16-25)15-24-21(23-6-2)26-13-14-29(27,28)22(3,4)17-26/h7-10,20H,5-6,11-17H2,1-4H3,(H,23,24). The Morgan fingerprint density at radius 3 is 2.59 bits per heavy atom. The minimum Gasteiger partial charge on any atom is -0.357 e. The monoisotopic (exact) mass is 420 g/mol. The molecule has 29 heavy (non-hydrogen) atoms. The highest BCUT2D eigenvalue weighted by molar-refractivity contribution is 7.92. The van der Waals surface area contributed by atoms with Gasteiger partial charge in [-0.05, 0) is 44.7 Å². The zero-order valence-electron chi connectivity index (χ0n) is 18.3. The average molecular weight is 421 g/mol. The van der Waals surface area contributed by atoms with Gasteiger partial charge in [0.1, 0.15) is 0 Å². The van der Waals surface area contributed by atoms with E-state index in [1.54, 1.807) is 0 Å². The summed E-state index contributed by atoms with van der Waals surface area (Å²) in [4.78, 5) is 9.60. The molecule has 6 nitrogen and oxygen atoms in total. The molecule has 1 atom stereocenters. The van der Waals surface area contributed by atoms with Gasteiger partial charge in [0.2, 0.25) is 0 Å². The van der Waals surface area contributed by atoms with E-state index in [0.29, 0.717) is 19.1 Å². The number of sulfone groups is 1. The molecule has 162 valence electrons. The van der Waals surface area contributed by atoms with Gasteiger partial charge >= 0.3 is 0 Å². The van der Waals surface area contributed by atoms with Crippen molar-refractivity contribution >= 4 is 15.8 Å². The van der Waals surface area contributed by atoms with Crippen LogP contribution in [-0.2, 0) is 22.8 Å². The number of rotatable bonds is 5. The van der Waals surface area contributed by atoms with Crippen molar-refractivity contribution in [3.63, 3.8) is 0 Å². The predicted molar refractivity (Wildman–Crippen MR) is 120 cm³/mol. The summed E-state index contributed by atoms with van der Waals surface area (Å²) in [5.74, 6) is 1.02. The minimum absolute atomic E-state index is 0.185. The molecule has 1 aromatic rings. The zero-order valence-corrected chi connectivity index (χ0v) is 19.1. The quantitative estimate of drug-likeness (QED) is 0.585. The summed E-state index contributed by atoms with van der Waals surface area (Å²) < 4.78 is 24.0. The first-order valence-electron chi connectivity index (χ1n) is 10.8. The Morgan fingerprint density at radius 1 is 1.21 bits per heavy atom. The molecule has 0 amide bonds. The summed E-state index contributed by atoms with van der Waals surface area (Å²) in [7, 11) is -3.06. The molecule has 0 aromatic heterocycles. The number of nitrogens with zero attached hydrogens (tertiary/aromatic N) is 3. The largest absolute Gasteiger partial charge is 0.357 e. The predicted octanol–water partition coefficient (Wildman–Crippen LogP) is 2.30. The normalized spacial score (nSPS) is 22.8. The molecular weight excluding hydrogens is 384 g/mol. The third kappa shape index (κ3) is 4.94. The second kappa shape index (κ2) is 9.04. The summed E-state index contributed by atoms with van der Waals surface area (Å²) in [6.07, 6.45) is 2.14. The number of guanidine groups is 1. The molecule has 0 saturated carbocycles. The topological polar surface area (TPSA) is 65.0 Å². The van der Waals surface area contributed by atoms with Crippen LogP contribution in [0.25, 0.3) is 0 Å². The number of hydrogen-bond acceptors (Lipinski definition) is 4. The van der Waals surface area contributed by atoms with Crippen molar-refractivity contribution in [1.29, 1.82) is 0 Å².